The SMILES string of the molecule is CC(C)C1CCN(C(=O)c2cccnc2F)CC1. The van der Waals surface area contributed by atoms with Crippen LogP contribution in [-0.2, 0) is 0 Å². The van der Waals surface area contributed by atoms with Crippen LogP contribution in [-0.4, -0.2) is 28.9 Å². The summed E-state index contributed by atoms with van der Waals surface area (Å²) >= 11 is 0. The highest BCUT2D eigenvalue weighted by Crippen LogP contribution is 2.25. The maximum Gasteiger partial charge on any atom is 0.258 e. The number of hydrogen-bond acceptors (Lipinski definition) is 2. The summed E-state index contributed by atoms with van der Waals surface area (Å²) < 4.78 is 13.4. The predicted octanol–water partition coefficient (Wildman–Crippen LogP) is 2.73. The van der Waals surface area contributed by atoms with Crippen molar-refractivity contribution < 1.29 is 9.18 Å². The van der Waals surface area contributed by atoms with E-state index >= 15 is 0 Å². The van der Waals surface area contributed by atoms with E-state index in [0.29, 0.717) is 11.8 Å². The first-order valence-electron chi connectivity index (χ1n) is 6.49. The van der Waals surface area contributed by atoms with Crippen LogP contribution in [0.5, 0.6) is 0 Å². The molecule has 0 aliphatic carbocycles. The lowest BCUT2D eigenvalue weighted by Gasteiger charge is -2.33. The van der Waals surface area contributed by atoms with Crippen molar-refractivity contribution in [2.75, 3.05) is 13.1 Å². The number of amides is 1. The van der Waals surface area contributed by atoms with Crippen LogP contribution in [0.15, 0.2) is 18.3 Å². The van der Waals surface area contributed by atoms with Gasteiger partial charge in [0, 0.05) is 19.3 Å². The van der Waals surface area contributed by atoms with Gasteiger partial charge in [-0.2, -0.15) is 4.39 Å². The summed E-state index contributed by atoms with van der Waals surface area (Å²) in [4.78, 5) is 17.4. The number of halogens is 1. The monoisotopic (exact) mass is 250 g/mol. The Morgan fingerprint density at radius 3 is 2.67 bits per heavy atom. The van der Waals surface area contributed by atoms with Crippen molar-refractivity contribution in [1.29, 1.82) is 0 Å². The highest BCUT2D eigenvalue weighted by atomic mass is 19.1. The van der Waals surface area contributed by atoms with Gasteiger partial charge in [0.2, 0.25) is 5.95 Å². The van der Waals surface area contributed by atoms with Gasteiger partial charge in [-0.15, -0.1) is 0 Å². The van der Waals surface area contributed by atoms with Gasteiger partial charge in [0.05, 0.1) is 5.56 Å². The average Bonchev–Trinajstić information content (AvgIpc) is 2.38. The van der Waals surface area contributed by atoms with Crippen molar-refractivity contribution in [2.45, 2.75) is 26.7 Å². The number of piperidine rings is 1. The van der Waals surface area contributed by atoms with Gasteiger partial charge >= 0.3 is 0 Å². The second-order valence-electron chi connectivity index (χ2n) is 5.22. The lowest BCUT2D eigenvalue weighted by molar-refractivity contribution is 0.0662. The van der Waals surface area contributed by atoms with Gasteiger partial charge < -0.3 is 4.90 Å². The molecule has 1 aliphatic heterocycles. The van der Waals surface area contributed by atoms with Crippen molar-refractivity contribution in [2.24, 2.45) is 11.8 Å². The summed E-state index contributed by atoms with van der Waals surface area (Å²) in [6.45, 7) is 5.86. The predicted molar refractivity (Wildman–Crippen MR) is 67.7 cm³/mol. The minimum atomic E-state index is -0.673. The van der Waals surface area contributed by atoms with Gasteiger partial charge in [-0.05, 0) is 36.8 Å². The molecule has 0 N–H and O–H groups in total. The van der Waals surface area contributed by atoms with Crippen LogP contribution < -0.4 is 0 Å². The van der Waals surface area contributed by atoms with Gasteiger partial charge in [0.1, 0.15) is 0 Å². The highest BCUT2D eigenvalue weighted by Gasteiger charge is 2.26. The van der Waals surface area contributed by atoms with E-state index in [1.807, 2.05) is 0 Å². The zero-order valence-corrected chi connectivity index (χ0v) is 10.9. The Balaban J connectivity index is 2.02. The van der Waals surface area contributed by atoms with E-state index in [2.05, 4.69) is 18.8 Å². The molecular weight excluding hydrogens is 231 g/mol. The highest BCUT2D eigenvalue weighted by molar-refractivity contribution is 5.94. The van der Waals surface area contributed by atoms with Gasteiger partial charge in [-0.25, -0.2) is 4.98 Å². The van der Waals surface area contributed by atoms with Crippen molar-refractivity contribution >= 4 is 5.91 Å². The Morgan fingerprint density at radius 1 is 1.44 bits per heavy atom. The molecule has 98 valence electrons. The first-order chi connectivity index (χ1) is 8.59. The van der Waals surface area contributed by atoms with Crippen molar-refractivity contribution in [3.63, 3.8) is 0 Å². The van der Waals surface area contributed by atoms with E-state index in [9.17, 15) is 9.18 Å². The number of likely N-dealkylation sites (tertiary alicyclic amines) is 1. The van der Waals surface area contributed by atoms with Crippen LogP contribution in [0.1, 0.15) is 37.0 Å². The average molecular weight is 250 g/mol. The molecule has 1 fully saturated rings. The summed E-state index contributed by atoms with van der Waals surface area (Å²) in [5.74, 6) is 0.418. The molecular formula is C14H19FN2O. The minimum absolute atomic E-state index is 0.0838. The molecule has 0 spiro atoms. The summed E-state index contributed by atoms with van der Waals surface area (Å²) in [6.07, 6.45) is 3.37. The van der Waals surface area contributed by atoms with Crippen molar-refractivity contribution in [3.05, 3.63) is 29.8 Å². The van der Waals surface area contributed by atoms with Crippen LogP contribution >= 0.6 is 0 Å². The number of rotatable bonds is 2. The molecule has 1 aromatic rings. The number of carbonyl (C=O) groups excluding carboxylic acids is 1. The third-order valence-electron chi connectivity index (χ3n) is 3.76. The van der Waals surface area contributed by atoms with Crippen LogP contribution in [0.4, 0.5) is 4.39 Å². The zero-order valence-electron chi connectivity index (χ0n) is 10.9. The molecule has 1 aliphatic rings. The molecule has 1 saturated heterocycles. The second-order valence-corrected chi connectivity index (χ2v) is 5.22. The molecule has 18 heavy (non-hydrogen) atoms. The third kappa shape index (κ3) is 2.68. The summed E-state index contributed by atoms with van der Waals surface area (Å²) in [5, 5.41) is 0. The molecule has 1 aromatic heterocycles. The van der Waals surface area contributed by atoms with E-state index in [0.717, 1.165) is 25.9 Å². The fraction of sp³-hybridized carbons (Fsp3) is 0.571. The Morgan fingerprint density at radius 2 is 2.11 bits per heavy atom. The molecule has 0 unspecified atom stereocenters. The van der Waals surface area contributed by atoms with Crippen molar-refractivity contribution in [3.8, 4) is 0 Å². The molecule has 2 rings (SSSR count). The van der Waals surface area contributed by atoms with E-state index in [4.69, 9.17) is 0 Å². The standard InChI is InChI=1S/C14H19FN2O/c1-10(2)11-5-8-17(9-6-11)14(18)12-4-3-7-16-13(12)15/h3-4,7,10-11H,5-6,8-9H2,1-2H3. The van der Waals surface area contributed by atoms with Crippen molar-refractivity contribution in [1.82, 2.24) is 9.88 Å². The van der Waals surface area contributed by atoms with Crippen LogP contribution in [0.25, 0.3) is 0 Å². The van der Waals surface area contributed by atoms with Crippen LogP contribution in [0, 0.1) is 17.8 Å². The molecule has 2 heterocycles. The molecule has 0 saturated carbocycles. The maximum atomic E-state index is 13.4. The lowest BCUT2D eigenvalue weighted by atomic mass is 9.86. The largest absolute Gasteiger partial charge is 0.338 e. The summed E-state index contributed by atoms with van der Waals surface area (Å²) in [7, 11) is 0. The first-order valence-corrected chi connectivity index (χ1v) is 6.49. The number of hydrogen-bond donors (Lipinski definition) is 0. The molecule has 1 amide bonds. The fourth-order valence-corrected chi connectivity index (χ4v) is 2.49. The van der Waals surface area contributed by atoms with E-state index in [1.165, 1.54) is 12.3 Å². The van der Waals surface area contributed by atoms with E-state index in [-0.39, 0.29) is 11.5 Å². The van der Waals surface area contributed by atoms with Crippen LogP contribution in [0.2, 0.25) is 0 Å². The first kappa shape index (κ1) is 13.0. The van der Waals surface area contributed by atoms with E-state index in [1.54, 1.807) is 11.0 Å². The number of nitrogens with zero attached hydrogens (tertiary/aromatic N) is 2. The molecule has 4 heteroatoms. The summed E-state index contributed by atoms with van der Waals surface area (Å²) in [6, 6.07) is 3.09. The van der Waals surface area contributed by atoms with Gasteiger partial charge in [-0.3, -0.25) is 4.79 Å². The second kappa shape index (κ2) is 5.46. The molecule has 0 radical (unpaired) electrons. The molecule has 0 bridgehead atoms. The van der Waals surface area contributed by atoms with Crippen LogP contribution in [0.3, 0.4) is 0 Å². The smallest absolute Gasteiger partial charge is 0.258 e. The van der Waals surface area contributed by atoms with Gasteiger partial charge in [-0.1, -0.05) is 13.8 Å². The lowest BCUT2D eigenvalue weighted by Crippen LogP contribution is -2.39. The molecule has 0 aromatic carbocycles. The Kier molecular flexibility index (Phi) is 3.94. The Labute approximate surface area is 107 Å². The normalized spacial score (nSPS) is 17.2. The van der Waals surface area contributed by atoms with E-state index < -0.39 is 5.95 Å². The molecule has 3 nitrogen and oxygen atoms in total. The van der Waals surface area contributed by atoms with Gasteiger partial charge in [0.25, 0.3) is 5.91 Å². The quantitative estimate of drug-likeness (QED) is 0.756. The number of aromatic nitrogens is 1. The topological polar surface area (TPSA) is 33.2 Å². The zero-order chi connectivity index (χ0) is 13.1. The summed E-state index contributed by atoms with van der Waals surface area (Å²) in [5.41, 5.74) is 0.0838. The molecule has 0 atom stereocenters. The maximum absolute atomic E-state index is 13.4. The Bertz CT molecular complexity index is 426. The number of carbonyl (C=O) groups is 1. The van der Waals surface area contributed by atoms with Gasteiger partial charge in [0.15, 0.2) is 0 Å². The fourth-order valence-electron chi connectivity index (χ4n) is 2.49. The number of pyridine rings is 1. The Hall–Kier alpha value is -1.45. The minimum Gasteiger partial charge on any atom is -0.338 e. The third-order valence-corrected chi connectivity index (χ3v) is 3.76.